The van der Waals surface area contributed by atoms with E-state index >= 15 is 0 Å². The molecule has 0 spiro atoms. The highest BCUT2D eigenvalue weighted by molar-refractivity contribution is 5.74. The van der Waals surface area contributed by atoms with Crippen molar-refractivity contribution in [2.75, 3.05) is 18.5 Å². The Kier molecular flexibility index (Phi) is 5.10. The molecule has 10 heteroatoms. The predicted molar refractivity (Wildman–Crippen MR) is 97.3 cm³/mol. The number of fused-ring (bicyclic) bond motifs is 1. The molecular formula is C17H20FN5O4. The number of imidazole rings is 1. The first-order chi connectivity index (χ1) is 12.9. The molecule has 2 aromatic heterocycles. The molecule has 0 radical (unpaired) electrons. The molecule has 0 saturated carbocycles. The van der Waals surface area contributed by atoms with Gasteiger partial charge in [0.25, 0.3) is 5.56 Å². The van der Waals surface area contributed by atoms with Gasteiger partial charge >= 0.3 is 5.69 Å². The van der Waals surface area contributed by atoms with Gasteiger partial charge in [0.2, 0.25) is 5.95 Å². The topological polar surface area (TPSA) is 114 Å². The van der Waals surface area contributed by atoms with Crippen molar-refractivity contribution in [3.8, 4) is 0 Å². The molecule has 3 aromatic rings. The van der Waals surface area contributed by atoms with E-state index in [1.807, 2.05) is 0 Å². The molecule has 0 amide bonds. The molecule has 0 aliphatic rings. The van der Waals surface area contributed by atoms with E-state index in [0.717, 1.165) is 4.57 Å². The van der Waals surface area contributed by atoms with Crippen LogP contribution in [0.5, 0.6) is 0 Å². The van der Waals surface area contributed by atoms with Crippen molar-refractivity contribution in [1.29, 1.82) is 0 Å². The van der Waals surface area contributed by atoms with Gasteiger partial charge in [-0.3, -0.25) is 18.5 Å². The number of aliphatic hydroxyl groups is 2. The number of hydrogen-bond acceptors (Lipinski definition) is 6. The number of nitrogens with zero attached hydrogens (tertiary/aromatic N) is 4. The Morgan fingerprint density at radius 2 is 1.74 bits per heavy atom. The number of anilines is 1. The van der Waals surface area contributed by atoms with E-state index in [4.69, 9.17) is 0 Å². The van der Waals surface area contributed by atoms with E-state index in [2.05, 4.69) is 10.3 Å². The maximum Gasteiger partial charge on any atom is 0.332 e. The predicted octanol–water partition coefficient (Wildman–Crippen LogP) is -0.614. The van der Waals surface area contributed by atoms with Crippen LogP contribution in [0.2, 0.25) is 0 Å². The lowest BCUT2D eigenvalue weighted by molar-refractivity contribution is 0.203. The number of aromatic nitrogens is 4. The number of hydrogen-bond donors (Lipinski definition) is 3. The molecule has 1 aromatic carbocycles. The van der Waals surface area contributed by atoms with Crippen LogP contribution < -0.4 is 16.6 Å². The van der Waals surface area contributed by atoms with Gasteiger partial charge in [0.1, 0.15) is 5.82 Å². The Morgan fingerprint density at radius 1 is 1.11 bits per heavy atom. The Balaban J connectivity index is 2.24. The number of aryl methyl sites for hydroxylation is 1. The minimum absolute atomic E-state index is 0.169. The molecule has 3 rings (SSSR count). The molecule has 0 aliphatic heterocycles. The third-order valence-electron chi connectivity index (χ3n) is 4.38. The molecule has 144 valence electrons. The average Bonchev–Trinajstić information content (AvgIpc) is 3.02. The maximum atomic E-state index is 13.2. The van der Waals surface area contributed by atoms with Crippen LogP contribution in [-0.4, -0.2) is 48.2 Å². The third kappa shape index (κ3) is 3.36. The summed E-state index contributed by atoms with van der Waals surface area (Å²) >= 11 is 0. The average molecular weight is 377 g/mol. The number of halogens is 1. The molecule has 0 unspecified atom stereocenters. The van der Waals surface area contributed by atoms with Gasteiger partial charge in [-0.1, -0.05) is 12.1 Å². The molecule has 0 bridgehead atoms. The molecule has 0 atom stereocenters. The highest BCUT2D eigenvalue weighted by Crippen LogP contribution is 2.19. The first-order valence-electron chi connectivity index (χ1n) is 8.26. The van der Waals surface area contributed by atoms with Crippen molar-refractivity contribution >= 4 is 17.1 Å². The number of rotatable bonds is 6. The van der Waals surface area contributed by atoms with Crippen LogP contribution in [0.3, 0.4) is 0 Å². The molecule has 27 heavy (non-hydrogen) atoms. The Labute approximate surface area is 152 Å². The second-order valence-electron chi connectivity index (χ2n) is 6.23. The summed E-state index contributed by atoms with van der Waals surface area (Å²) < 4.78 is 17.0. The van der Waals surface area contributed by atoms with Gasteiger partial charge in [-0.25, -0.2) is 9.18 Å². The van der Waals surface area contributed by atoms with Crippen molar-refractivity contribution in [3.63, 3.8) is 0 Å². The fourth-order valence-corrected chi connectivity index (χ4v) is 2.81. The van der Waals surface area contributed by atoms with E-state index in [9.17, 15) is 24.2 Å². The van der Waals surface area contributed by atoms with Crippen molar-refractivity contribution in [2.45, 2.75) is 12.6 Å². The molecule has 3 N–H and O–H groups in total. The lowest BCUT2D eigenvalue weighted by Gasteiger charge is -2.16. The summed E-state index contributed by atoms with van der Waals surface area (Å²) in [5, 5.41) is 21.6. The molecule has 9 nitrogen and oxygen atoms in total. The van der Waals surface area contributed by atoms with E-state index < -0.39 is 17.3 Å². The van der Waals surface area contributed by atoms with Crippen molar-refractivity contribution in [1.82, 2.24) is 18.7 Å². The smallest absolute Gasteiger partial charge is 0.332 e. The SMILES string of the molecule is Cn1c(=O)c2c(nc(NC(CO)CO)n2Cc2ccc(F)cc2)n(C)c1=O. The zero-order chi connectivity index (χ0) is 19.7. The minimum atomic E-state index is -0.699. The van der Waals surface area contributed by atoms with Crippen molar-refractivity contribution in [3.05, 3.63) is 56.5 Å². The Bertz CT molecular complexity index is 1080. The van der Waals surface area contributed by atoms with Crippen molar-refractivity contribution < 1.29 is 14.6 Å². The van der Waals surface area contributed by atoms with Crippen LogP contribution in [0.25, 0.3) is 11.2 Å². The van der Waals surface area contributed by atoms with Crippen LogP contribution in [-0.2, 0) is 20.6 Å². The summed E-state index contributed by atoms with van der Waals surface area (Å²) in [6, 6.07) is 5.06. The third-order valence-corrected chi connectivity index (χ3v) is 4.38. The van der Waals surface area contributed by atoms with Gasteiger partial charge in [-0.15, -0.1) is 0 Å². The number of nitrogens with one attached hydrogen (secondary N) is 1. The van der Waals surface area contributed by atoms with Crippen LogP contribution in [0.4, 0.5) is 10.3 Å². The molecule has 0 saturated heterocycles. The van der Waals surface area contributed by atoms with Crippen LogP contribution >= 0.6 is 0 Å². The van der Waals surface area contributed by atoms with Gasteiger partial charge in [0.05, 0.1) is 25.8 Å². The molecule has 2 heterocycles. The second-order valence-corrected chi connectivity index (χ2v) is 6.23. The summed E-state index contributed by atoms with van der Waals surface area (Å²) in [5.41, 5.74) is 0.00857. The van der Waals surface area contributed by atoms with Gasteiger partial charge < -0.3 is 15.5 Å². The van der Waals surface area contributed by atoms with E-state index in [1.165, 1.54) is 30.8 Å². The standard InChI is InChI=1S/C17H20FN5O4/c1-21-14-13(15(26)22(2)17(21)27)23(7-10-3-5-11(18)6-4-10)16(20-14)19-12(8-24)9-25/h3-6,12,24-25H,7-9H2,1-2H3,(H,19,20). The highest BCUT2D eigenvalue weighted by Gasteiger charge is 2.21. The van der Waals surface area contributed by atoms with Gasteiger partial charge in [-0.2, -0.15) is 4.98 Å². The lowest BCUT2D eigenvalue weighted by Crippen LogP contribution is -2.37. The highest BCUT2D eigenvalue weighted by atomic mass is 19.1. The van der Waals surface area contributed by atoms with E-state index in [1.54, 1.807) is 16.7 Å². The minimum Gasteiger partial charge on any atom is -0.394 e. The van der Waals surface area contributed by atoms with E-state index in [-0.39, 0.29) is 42.7 Å². The lowest BCUT2D eigenvalue weighted by atomic mass is 10.2. The summed E-state index contributed by atoms with van der Waals surface area (Å²) in [5.74, 6) is -0.174. The summed E-state index contributed by atoms with van der Waals surface area (Å²) in [6.07, 6.45) is 0. The quantitative estimate of drug-likeness (QED) is 0.528. The normalized spacial score (nSPS) is 11.5. The molecular weight excluding hydrogens is 357 g/mol. The molecule has 0 aliphatic carbocycles. The fourth-order valence-electron chi connectivity index (χ4n) is 2.81. The van der Waals surface area contributed by atoms with Gasteiger partial charge in [0, 0.05) is 14.1 Å². The van der Waals surface area contributed by atoms with Crippen LogP contribution in [0.1, 0.15) is 5.56 Å². The second kappa shape index (κ2) is 7.33. The van der Waals surface area contributed by atoms with Gasteiger partial charge in [0.15, 0.2) is 11.2 Å². The number of benzene rings is 1. The summed E-state index contributed by atoms with van der Waals surface area (Å²) in [7, 11) is 2.87. The Morgan fingerprint density at radius 3 is 2.33 bits per heavy atom. The Hall–Kier alpha value is -2.98. The first kappa shape index (κ1) is 18.8. The fraction of sp³-hybridized carbons (Fsp3) is 0.353. The zero-order valence-electron chi connectivity index (χ0n) is 14.9. The number of aliphatic hydroxyl groups excluding tert-OH is 2. The van der Waals surface area contributed by atoms with Crippen LogP contribution in [0, 0.1) is 5.82 Å². The van der Waals surface area contributed by atoms with Crippen LogP contribution in [0.15, 0.2) is 33.9 Å². The maximum absolute atomic E-state index is 13.2. The van der Waals surface area contributed by atoms with E-state index in [0.29, 0.717) is 5.56 Å². The molecule has 0 fully saturated rings. The van der Waals surface area contributed by atoms with Crippen molar-refractivity contribution in [2.24, 2.45) is 14.1 Å². The zero-order valence-corrected chi connectivity index (χ0v) is 14.9. The van der Waals surface area contributed by atoms with Gasteiger partial charge in [-0.05, 0) is 17.7 Å². The monoisotopic (exact) mass is 377 g/mol. The first-order valence-corrected chi connectivity index (χ1v) is 8.26. The largest absolute Gasteiger partial charge is 0.394 e. The summed E-state index contributed by atoms with van der Waals surface area (Å²) in [4.78, 5) is 29.2. The summed E-state index contributed by atoms with van der Waals surface area (Å²) in [6.45, 7) is -0.531.